The fourth-order valence-electron chi connectivity index (χ4n) is 3.77. The summed E-state index contributed by atoms with van der Waals surface area (Å²) in [5.74, 6) is 3.55. The van der Waals surface area contributed by atoms with Crippen LogP contribution in [-0.4, -0.2) is 48.0 Å². The van der Waals surface area contributed by atoms with Gasteiger partial charge in [-0.3, -0.25) is 9.69 Å². The van der Waals surface area contributed by atoms with E-state index in [0.29, 0.717) is 12.6 Å². The lowest BCUT2D eigenvalue weighted by Gasteiger charge is -2.40. The highest BCUT2D eigenvalue weighted by Crippen LogP contribution is 2.24. The molecule has 1 heterocycles. The summed E-state index contributed by atoms with van der Waals surface area (Å²) >= 11 is 0. The van der Waals surface area contributed by atoms with Crippen molar-refractivity contribution in [2.24, 2.45) is 0 Å². The van der Waals surface area contributed by atoms with E-state index in [9.17, 15) is 4.79 Å². The second-order valence-corrected chi connectivity index (χ2v) is 6.73. The summed E-state index contributed by atoms with van der Waals surface area (Å²) in [7, 11) is 0. The first-order valence-electron chi connectivity index (χ1n) is 8.93. The van der Waals surface area contributed by atoms with Crippen molar-refractivity contribution in [3.8, 4) is 18.1 Å². The van der Waals surface area contributed by atoms with E-state index in [-0.39, 0.29) is 12.5 Å². The highest BCUT2D eigenvalue weighted by molar-refractivity contribution is 5.79. The second-order valence-electron chi connectivity index (χ2n) is 6.73. The molecule has 0 atom stereocenters. The van der Waals surface area contributed by atoms with Gasteiger partial charge in [-0.25, -0.2) is 0 Å². The van der Waals surface area contributed by atoms with Crippen molar-refractivity contribution in [1.29, 1.82) is 0 Å². The second kappa shape index (κ2) is 8.21. The van der Waals surface area contributed by atoms with Gasteiger partial charge in [0.1, 0.15) is 12.4 Å². The third-order valence-corrected chi connectivity index (χ3v) is 4.98. The topological polar surface area (TPSA) is 32.8 Å². The number of nitrogens with zero attached hydrogens (tertiary/aromatic N) is 2. The minimum atomic E-state index is 0.280. The average Bonchev–Trinajstić information content (AvgIpc) is 2.61. The molecule has 1 aliphatic heterocycles. The quantitative estimate of drug-likeness (QED) is 0.780. The van der Waals surface area contributed by atoms with Crippen molar-refractivity contribution in [2.75, 3.05) is 26.2 Å². The summed E-state index contributed by atoms with van der Waals surface area (Å²) in [4.78, 5) is 16.9. The third-order valence-electron chi connectivity index (χ3n) is 4.98. The van der Waals surface area contributed by atoms with E-state index in [2.05, 4.69) is 21.8 Å². The van der Waals surface area contributed by atoms with Crippen LogP contribution in [0.5, 0.6) is 5.75 Å². The number of rotatable bonds is 5. The molecule has 24 heavy (non-hydrogen) atoms. The Kier molecular flexibility index (Phi) is 5.77. The summed E-state index contributed by atoms with van der Waals surface area (Å²) in [6, 6.07) is 8.44. The molecule has 0 bridgehead atoms. The van der Waals surface area contributed by atoms with Crippen LogP contribution in [0.3, 0.4) is 0 Å². The lowest BCUT2D eigenvalue weighted by Crippen LogP contribution is -2.54. The zero-order chi connectivity index (χ0) is 16.8. The van der Waals surface area contributed by atoms with Gasteiger partial charge in [-0.2, -0.15) is 0 Å². The number of carbonyl (C=O) groups excluding carboxylic acids is 1. The van der Waals surface area contributed by atoms with E-state index in [4.69, 9.17) is 11.2 Å². The molecule has 1 saturated heterocycles. The number of hydrogen-bond acceptors (Lipinski definition) is 3. The summed E-state index contributed by atoms with van der Waals surface area (Å²) in [5, 5.41) is 0. The van der Waals surface area contributed by atoms with Crippen LogP contribution in [0.1, 0.15) is 37.7 Å². The maximum Gasteiger partial charge on any atom is 0.237 e. The maximum absolute atomic E-state index is 12.5. The molecule has 0 unspecified atom stereocenters. The fourth-order valence-corrected chi connectivity index (χ4v) is 3.77. The van der Waals surface area contributed by atoms with Crippen LogP contribution in [0.2, 0.25) is 0 Å². The zero-order valence-corrected chi connectivity index (χ0v) is 14.2. The fraction of sp³-hybridized carbons (Fsp3) is 0.550. The van der Waals surface area contributed by atoms with E-state index in [1.165, 1.54) is 32.1 Å². The van der Waals surface area contributed by atoms with Gasteiger partial charge in [0.15, 0.2) is 0 Å². The van der Waals surface area contributed by atoms with Crippen LogP contribution in [0.4, 0.5) is 0 Å². The van der Waals surface area contributed by atoms with Gasteiger partial charge >= 0.3 is 0 Å². The first-order chi connectivity index (χ1) is 11.8. The van der Waals surface area contributed by atoms with Gasteiger partial charge in [0.05, 0.1) is 6.54 Å². The van der Waals surface area contributed by atoms with Crippen LogP contribution in [-0.2, 0) is 11.3 Å². The Labute approximate surface area is 144 Å². The molecule has 4 heteroatoms. The molecule has 3 rings (SSSR count). The van der Waals surface area contributed by atoms with Gasteiger partial charge in [0.2, 0.25) is 5.91 Å². The summed E-state index contributed by atoms with van der Waals surface area (Å²) < 4.78 is 5.47. The highest BCUT2D eigenvalue weighted by Gasteiger charge is 2.30. The largest absolute Gasteiger partial charge is 0.481 e. The molecule has 1 amide bonds. The number of terminal acetylenes is 1. The van der Waals surface area contributed by atoms with Crippen LogP contribution in [0.25, 0.3) is 0 Å². The van der Waals surface area contributed by atoms with E-state index in [1.54, 1.807) is 0 Å². The summed E-state index contributed by atoms with van der Waals surface area (Å²) in [5.41, 5.74) is 1.16. The van der Waals surface area contributed by atoms with Gasteiger partial charge in [0, 0.05) is 25.7 Å². The Morgan fingerprint density at radius 1 is 1.21 bits per heavy atom. The number of amides is 1. The Morgan fingerprint density at radius 2 is 2.04 bits per heavy atom. The van der Waals surface area contributed by atoms with Crippen molar-refractivity contribution in [3.63, 3.8) is 0 Å². The minimum absolute atomic E-state index is 0.280. The first-order valence-corrected chi connectivity index (χ1v) is 8.93. The van der Waals surface area contributed by atoms with Crippen molar-refractivity contribution in [2.45, 2.75) is 44.7 Å². The Hall–Kier alpha value is -1.99. The molecule has 2 aliphatic rings. The number of carbonyl (C=O) groups is 1. The van der Waals surface area contributed by atoms with Gasteiger partial charge in [0.25, 0.3) is 0 Å². The van der Waals surface area contributed by atoms with Gasteiger partial charge in [-0.05, 0) is 30.5 Å². The first kappa shape index (κ1) is 16.9. The van der Waals surface area contributed by atoms with Crippen LogP contribution in [0.15, 0.2) is 24.3 Å². The predicted octanol–water partition coefficient (Wildman–Crippen LogP) is 2.68. The Morgan fingerprint density at radius 3 is 2.79 bits per heavy atom. The van der Waals surface area contributed by atoms with Crippen molar-refractivity contribution in [1.82, 2.24) is 9.80 Å². The lowest BCUT2D eigenvalue weighted by molar-refractivity contribution is -0.139. The van der Waals surface area contributed by atoms with E-state index >= 15 is 0 Å². The van der Waals surface area contributed by atoms with Gasteiger partial charge < -0.3 is 9.64 Å². The number of piperazine rings is 1. The third kappa shape index (κ3) is 4.30. The van der Waals surface area contributed by atoms with Crippen LogP contribution in [0, 0.1) is 12.3 Å². The molecular formula is C20H26N2O2. The molecule has 0 spiro atoms. The molecule has 128 valence electrons. The molecule has 0 N–H and O–H groups in total. The molecule has 1 aromatic carbocycles. The molecule has 1 aliphatic carbocycles. The van der Waals surface area contributed by atoms with Crippen LogP contribution >= 0.6 is 0 Å². The Balaban J connectivity index is 1.54. The van der Waals surface area contributed by atoms with Gasteiger partial charge in [-0.15, -0.1) is 6.42 Å². The smallest absolute Gasteiger partial charge is 0.237 e. The molecular weight excluding hydrogens is 300 g/mol. The average molecular weight is 326 g/mol. The molecule has 4 nitrogen and oxygen atoms in total. The summed E-state index contributed by atoms with van der Waals surface area (Å²) in [6.45, 7) is 3.37. The van der Waals surface area contributed by atoms with E-state index in [1.807, 2.05) is 18.2 Å². The normalized spacial score (nSPS) is 20.0. The predicted molar refractivity (Wildman–Crippen MR) is 94.6 cm³/mol. The van der Waals surface area contributed by atoms with E-state index < -0.39 is 0 Å². The monoisotopic (exact) mass is 326 g/mol. The maximum atomic E-state index is 12.5. The van der Waals surface area contributed by atoms with Crippen molar-refractivity contribution < 1.29 is 9.53 Å². The molecule has 1 saturated carbocycles. The van der Waals surface area contributed by atoms with Crippen molar-refractivity contribution >= 4 is 5.91 Å². The summed E-state index contributed by atoms with van der Waals surface area (Å²) in [6.07, 6.45) is 11.4. The lowest BCUT2D eigenvalue weighted by atomic mass is 9.93. The SMILES string of the molecule is C#CCOc1cccc(CN2CCN(C3CCCCC3)C(=O)C2)c1. The number of benzene rings is 1. The molecule has 2 fully saturated rings. The van der Waals surface area contributed by atoms with Crippen LogP contribution < -0.4 is 4.74 Å². The molecule has 0 aromatic heterocycles. The Bertz CT molecular complexity index is 602. The highest BCUT2D eigenvalue weighted by atomic mass is 16.5. The van der Waals surface area contributed by atoms with E-state index in [0.717, 1.165) is 30.9 Å². The number of ether oxygens (including phenoxy) is 1. The number of hydrogen-bond donors (Lipinski definition) is 0. The zero-order valence-electron chi connectivity index (χ0n) is 14.2. The van der Waals surface area contributed by atoms with Gasteiger partial charge in [-0.1, -0.05) is 37.3 Å². The minimum Gasteiger partial charge on any atom is -0.481 e. The molecule has 0 radical (unpaired) electrons. The molecule has 1 aromatic rings. The van der Waals surface area contributed by atoms with Crippen molar-refractivity contribution in [3.05, 3.63) is 29.8 Å². The standard InChI is InChI=1S/C20H26N2O2/c1-2-13-24-19-10-6-7-17(14-19)15-21-11-12-22(20(23)16-21)18-8-4-3-5-9-18/h1,6-7,10,14,18H,3-5,8-9,11-13,15-16H2.